The average Bonchev–Trinajstić information content (AvgIpc) is 2.20. The number of hydrogen-bond donors (Lipinski definition) is 0. The van der Waals surface area contributed by atoms with Gasteiger partial charge in [0.15, 0.2) is 0 Å². The average molecular weight is 194 g/mol. The van der Waals surface area contributed by atoms with Crippen LogP contribution in [0.15, 0.2) is 40.3 Å². The van der Waals surface area contributed by atoms with Crippen molar-refractivity contribution in [1.82, 2.24) is 0 Å². The molecule has 0 saturated heterocycles. The van der Waals surface area contributed by atoms with Gasteiger partial charge >= 0.3 is 11.6 Å². The quantitative estimate of drug-likeness (QED) is 0.528. The summed E-state index contributed by atoms with van der Waals surface area (Å²) in [5.74, 6) is -0.495. The van der Waals surface area contributed by atoms with Crippen molar-refractivity contribution in [2.45, 2.75) is 6.42 Å². The summed E-state index contributed by atoms with van der Waals surface area (Å²) in [6.07, 6.45) is 2.73. The van der Waals surface area contributed by atoms with Crippen LogP contribution in [0.2, 0.25) is 0 Å². The van der Waals surface area contributed by atoms with E-state index in [9.17, 15) is 9.59 Å². The molecular weight excluding hydrogens is 184 g/mol. The Morgan fingerprint density at radius 2 is 2.43 bits per heavy atom. The van der Waals surface area contributed by atoms with Crippen LogP contribution in [0.5, 0.6) is 0 Å². The maximum absolute atomic E-state index is 11.0. The number of hydrogen-bond acceptors (Lipinski definition) is 4. The van der Waals surface area contributed by atoms with Gasteiger partial charge in [0.25, 0.3) is 0 Å². The van der Waals surface area contributed by atoms with Crippen LogP contribution >= 0.6 is 0 Å². The van der Waals surface area contributed by atoms with Crippen LogP contribution in [0.4, 0.5) is 0 Å². The summed E-state index contributed by atoms with van der Waals surface area (Å²) in [5, 5.41) is 0. The van der Waals surface area contributed by atoms with Gasteiger partial charge in [-0.3, -0.25) is 0 Å². The molecule has 0 N–H and O–H groups in total. The maximum atomic E-state index is 11.0. The highest BCUT2D eigenvalue weighted by Gasteiger charge is 2.01. The highest BCUT2D eigenvalue weighted by molar-refractivity contribution is 5.81. The topological polar surface area (TPSA) is 56.5 Å². The van der Waals surface area contributed by atoms with E-state index in [1.165, 1.54) is 6.26 Å². The number of carbonyl (C=O) groups excluding carboxylic acids is 1. The Kier molecular flexibility index (Phi) is 3.67. The van der Waals surface area contributed by atoms with Crippen LogP contribution in [0.25, 0.3) is 0 Å². The van der Waals surface area contributed by atoms with Crippen LogP contribution in [0.1, 0.15) is 5.56 Å². The van der Waals surface area contributed by atoms with Gasteiger partial charge < -0.3 is 9.15 Å². The molecule has 0 radical (unpaired) electrons. The molecule has 0 aromatic carbocycles. The minimum absolute atomic E-state index is 0.152. The standard InChI is InChI=1S/C10H10O4/c1-2-9(11)13-7-5-8-4-3-6-14-10(8)12/h2-4,6H,1,5,7H2. The van der Waals surface area contributed by atoms with Gasteiger partial charge in [0.1, 0.15) is 0 Å². The van der Waals surface area contributed by atoms with Crippen LogP contribution < -0.4 is 5.63 Å². The van der Waals surface area contributed by atoms with Crippen molar-refractivity contribution in [3.05, 3.63) is 47.0 Å². The third kappa shape index (κ3) is 2.90. The molecule has 14 heavy (non-hydrogen) atoms. The summed E-state index contributed by atoms with van der Waals surface area (Å²) < 4.78 is 9.34. The molecule has 0 unspecified atom stereocenters. The minimum atomic E-state index is -0.495. The Morgan fingerprint density at radius 3 is 3.07 bits per heavy atom. The zero-order valence-electron chi connectivity index (χ0n) is 7.56. The summed E-state index contributed by atoms with van der Waals surface area (Å²) in [6.45, 7) is 3.40. The molecule has 4 heteroatoms. The van der Waals surface area contributed by atoms with Gasteiger partial charge in [-0.15, -0.1) is 0 Å². The van der Waals surface area contributed by atoms with E-state index >= 15 is 0 Å². The van der Waals surface area contributed by atoms with Crippen molar-refractivity contribution < 1.29 is 13.9 Å². The summed E-state index contributed by atoms with van der Waals surface area (Å²) in [5.41, 5.74) is 0.0894. The lowest BCUT2D eigenvalue weighted by Crippen LogP contribution is -2.11. The Bertz CT molecular complexity index is 378. The molecule has 1 aromatic heterocycles. The number of esters is 1. The van der Waals surface area contributed by atoms with Crippen molar-refractivity contribution in [3.8, 4) is 0 Å². The summed E-state index contributed by atoms with van der Waals surface area (Å²) in [4.78, 5) is 21.7. The Labute approximate surface area is 80.8 Å². The van der Waals surface area contributed by atoms with E-state index in [0.29, 0.717) is 12.0 Å². The van der Waals surface area contributed by atoms with Crippen molar-refractivity contribution >= 4 is 5.97 Å². The highest BCUT2D eigenvalue weighted by Crippen LogP contribution is 1.93. The molecule has 0 bridgehead atoms. The molecule has 0 amide bonds. The van der Waals surface area contributed by atoms with Crippen molar-refractivity contribution in [1.29, 1.82) is 0 Å². The van der Waals surface area contributed by atoms with Gasteiger partial charge in [0.05, 0.1) is 12.9 Å². The van der Waals surface area contributed by atoms with Crippen LogP contribution in [-0.4, -0.2) is 12.6 Å². The molecule has 1 heterocycles. The van der Waals surface area contributed by atoms with Crippen molar-refractivity contribution in [3.63, 3.8) is 0 Å². The predicted molar refractivity (Wildman–Crippen MR) is 49.8 cm³/mol. The molecule has 0 saturated carbocycles. The van der Waals surface area contributed by atoms with E-state index < -0.39 is 11.6 Å². The normalized spacial score (nSPS) is 9.43. The summed E-state index contributed by atoms with van der Waals surface area (Å²) in [7, 11) is 0. The Balaban J connectivity index is 2.46. The number of ether oxygens (including phenoxy) is 1. The van der Waals surface area contributed by atoms with Gasteiger partial charge in [0.2, 0.25) is 0 Å². The van der Waals surface area contributed by atoms with Crippen molar-refractivity contribution in [2.75, 3.05) is 6.61 Å². The number of carbonyl (C=O) groups is 1. The first-order chi connectivity index (χ1) is 6.74. The minimum Gasteiger partial charge on any atom is -0.462 e. The molecule has 0 aliphatic rings. The van der Waals surface area contributed by atoms with E-state index in [-0.39, 0.29) is 6.61 Å². The largest absolute Gasteiger partial charge is 0.462 e. The third-order valence-electron chi connectivity index (χ3n) is 1.60. The monoisotopic (exact) mass is 194 g/mol. The van der Waals surface area contributed by atoms with E-state index in [1.807, 2.05) is 0 Å². The fourth-order valence-corrected chi connectivity index (χ4v) is 0.906. The van der Waals surface area contributed by atoms with Crippen LogP contribution in [0, 0.1) is 0 Å². The predicted octanol–water partition coefficient (Wildman–Crippen LogP) is 0.911. The lowest BCUT2D eigenvalue weighted by molar-refractivity contribution is -0.137. The number of rotatable bonds is 4. The van der Waals surface area contributed by atoms with E-state index in [2.05, 4.69) is 11.0 Å². The van der Waals surface area contributed by atoms with Gasteiger partial charge in [-0.05, 0) is 12.1 Å². The first kappa shape index (κ1) is 10.2. The fourth-order valence-electron chi connectivity index (χ4n) is 0.906. The molecule has 0 fully saturated rings. The SMILES string of the molecule is C=CC(=O)OCCc1cccoc1=O. The maximum Gasteiger partial charge on any atom is 0.338 e. The summed E-state index contributed by atoms with van der Waals surface area (Å²) >= 11 is 0. The Morgan fingerprint density at radius 1 is 1.64 bits per heavy atom. The van der Waals surface area contributed by atoms with Gasteiger partial charge in [-0.1, -0.05) is 6.58 Å². The molecule has 0 spiro atoms. The second-order valence-corrected chi connectivity index (χ2v) is 2.55. The van der Waals surface area contributed by atoms with E-state index in [4.69, 9.17) is 4.74 Å². The lowest BCUT2D eigenvalue weighted by atomic mass is 10.2. The zero-order valence-corrected chi connectivity index (χ0v) is 7.56. The molecule has 74 valence electrons. The van der Waals surface area contributed by atoms with Gasteiger partial charge in [-0.2, -0.15) is 0 Å². The van der Waals surface area contributed by atoms with Gasteiger partial charge in [0, 0.05) is 18.1 Å². The lowest BCUT2D eigenvalue weighted by Gasteiger charge is -2.00. The molecule has 1 rings (SSSR count). The molecule has 4 nitrogen and oxygen atoms in total. The van der Waals surface area contributed by atoms with Gasteiger partial charge in [-0.25, -0.2) is 9.59 Å². The fraction of sp³-hybridized carbons (Fsp3) is 0.200. The molecule has 0 aliphatic carbocycles. The van der Waals surface area contributed by atoms with Crippen LogP contribution in [-0.2, 0) is 16.0 Å². The van der Waals surface area contributed by atoms with E-state index in [0.717, 1.165) is 6.08 Å². The second kappa shape index (κ2) is 5.01. The molecular formula is C10H10O4. The molecule has 0 atom stereocenters. The first-order valence-corrected chi connectivity index (χ1v) is 4.10. The van der Waals surface area contributed by atoms with Crippen molar-refractivity contribution in [2.24, 2.45) is 0 Å². The Hall–Kier alpha value is -1.84. The zero-order chi connectivity index (χ0) is 10.4. The second-order valence-electron chi connectivity index (χ2n) is 2.55. The first-order valence-electron chi connectivity index (χ1n) is 4.10. The third-order valence-corrected chi connectivity index (χ3v) is 1.60. The summed E-state index contributed by atoms with van der Waals surface area (Å²) in [6, 6.07) is 3.25. The van der Waals surface area contributed by atoms with E-state index in [1.54, 1.807) is 12.1 Å². The molecule has 1 aromatic rings. The highest BCUT2D eigenvalue weighted by atomic mass is 16.5. The van der Waals surface area contributed by atoms with Crippen LogP contribution in [0.3, 0.4) is 0 Å². The smallest absolute Gasteiger partial charge is 0.338 e. The molecule has 0 aliphatic heterocycles.